The maximum Gasteiger partial charge on any atom is 0.416 e. The molecule has 27 heavy (non-hydrogen) atoms. The highest BCUT2D eigenvalue weighted by atomic mass is 19.4. The molecule has 0 saturated heterocycles. The average Bonchev–Trinajstić information content (AvgIpc) is 2.61. The van der Waals surface area contributed by atoms with Gasteiger partial charge in [0.15, 0.2) is 0 Å². The second-order valence-electron chi connectivity index (χ2n) is 5.95. The monoisotopic (exact) mass is 392 g/mol. The molecule has 2 aromatic rings. The van der Waals surface area contributed by atoms with E-state index < -0.39 is 35.7 Å². The first kappa shape index (κ1) is 21.2. The molecule has 2 unspecified atom stereocenters. The highest BCUT2D eigenvalue weighted by Gasteiger charge is 2.37. The van der Waals surface area contributed by atoms with E-state index >= 15 is 0 Å². The van der Waals surface area contributed by atoms with Crippen molar-refractivity contribution in [1.29, 1.82) is 0 Å². The Kier molecular flexibility index (Phi) is 6.54. The van der Waals surface area contributed by atoms with Crippen LogP contribution in [0.5, 0.6) is 0 Å². The predicted octanol–water partition coefficient (Wildman–Crippen LogP) is 6.19. The van der Waals surface area contributed by atoms with Gasteiger partial charge in [-0.1, -0.05) is 30.3 Å². The molecule has 8 heteroatoms. The first-order valence-corrected chi connectivity index (χ1v) is 8.01. The zero-order valence-corrected chi connectivity index (χ0v) is 14.6. The molecule has 0 aromatic heterocycles. The van der Waals surface area contributed by atoms with Gasteiger partial charge in [0.25, 0.3) is 0 Å². The van der Waals surface area contributed by atoms with E-state index in [4.69, 9.17) is 9.47 Å². The Morgan fingerprint density at radius 1 is 0.815 bits per heavy atom. The highest BCUT2D eigenvalue weighted by molar-refractivity contribution is 5.34. The van der Waals surface area contributed by atoms with E-state index in [-0.39, 0.29) is 18.2 Å². The van der Waals surface area contributed by atoms with E-state index in [1.54, 1.807) is 30.3 Å². The smallest absolute Gasteiger partial charge is 0.374 e. The normalized spacial score (nSPS) is 14.8. The summed E-state index contributed by atoms with van der Waals surface area (Å²) in [6.07, 6.45) is -11.3. The lowest BCUT2D eigenvalue weighted by Gasteiger charge is -2.21. The van der Waals surface area contributed by atoms with E-state index in [9.17, 15) is 26.3 Å². The molecule has 0 spiro atoms. The molecule has 0 amide bonds. The second kappa shape index (κ2) is 8.31. The summed E-state index contributed by atoms with van der Waals surface area (Å²) in [5.74, 6) is 0. The molecule has 0 saturated carbocycles. The van der Waals surface area contributed by atoms with E-state index in [0.717, 1.165) is 5.56 Å². The molecule has 0 N–H and O–H groups in total. The minimum Gasteiger partial charge on any atom is -0.374 e. The van der Waals surface area contributed by atoms with Crippen LogP contribution in [-0.4, -0.2) is 13.7 Å². The Labute approximate surface area is 152 Å². The number of benzene rings is 2. The van der Waals surface area contributed by atoms with Gasteiger partial charge in [0.1, 0.15) is 6.10 Å². The van der Waals surface area contributed by atoms with Gasteiger partial charge in [-0.25, -0.2) is 0 Å². The number of hydrogen-bond acceptors (Lipinski definition) is 2. The topological polar surface area (TPSA) is 18.5 Å². The molecule has 2 rings (SSSR count). The minimum atomic E-state index is -4.89. The Morgan fingerprint density at radius 2 is 1.33 bits per heavy atom. The number of methoxy groups -OCH3 is 1. The van der Waals surface area contributed by atoms with E-state index in [0.29, 0.717) is 12.1 Å². The van der Waals surface area contributed by atoms with Gasteiger partial charge >= 0.3 is 12.4 Å². The molecule has 2 nitrogen and oxygen atoms in total. The minimum absolute atomic E-state index is 0.0285. The Bertz CT molecular complexity index is 708. The lowest BCUT2D eigenvalue weighted by molar-refractivity contribution is -0.143. The number of hydrogen-bond donors (Lipinski definition) is 0. The molecule has 0 heterocycles. The van der Waals surface area contributed by atoms with Gasteiger partial charge in [-0.05, 0) is 36.2 Å². The summed E-state index contributed by atoms with van der Waals surface area (Å²) in [6.45, 7) is 1.37. The largest absolute Gasteiger partial charge is 0.416 e. The van der Waals surface area contributed by atoms with Crippen molar-refractivity contribution in [3.8, 4) is 0 Å². The van der Waals surface area contributed by atoms with Crippen LogP contribution < -0.4 is 0 Å². The zero-order chi connectivity index (χ0) is 20.2. The molecule has 2 atom stereocenters. The fourth-order valence-corrected chi connectivity index (χ4v) is 2.51. The van der Waals surface area contributed by atoms with Crippen molar-refractivity contribution >= 4 is 0 Å². The predicted molar refractivity (Wildman–Crippen MR) is 87.0 cm³/mol. The molecule has 0 aliphatic heterocycles. The van der Waals surface area contributed by atoms with Crippen molar-refractivity contribution < 1.29 is 35.8 Å². The fourth-order valence-electron chi connectivity index (χ4n) is 2.51. The van der Waals surface area contributed by atoms with Gasteiger partial charge in [0, 0.05) is 7.11 Å². The molecule has 0 aliphatic carbocycles. The Hall–Kier alpha value is -2.06. The molecule has 0 radical (unpaired) electrons. The molecule has 0 bridgehead atoms. The summed E-state index contributed by atoms with van der Waals surface area (Å²) in [5.41, 5.74) is -2.16. The van der Waals surface area contributed by atoms with Crippen LogP contribution >= 0.6 is 0 Å². The average molecular weight is 392 g/mol. The van der Waals surface area contributed by atoms with Crippen LogP contribution in [0.15, 0.2) is 48.5 Å². The van der Waals surface area contributed by atoms with Gasteiger partial charge < -0.3 is 9.47 Å². The number of ether oxygens (including phenoxy) is 2. The summed E-state index contributed by atoms with van der Waals surface area (Å²) >= 11 is 0. The van der Waals surface area contributed by atoms with Crippen LogP contribution in [0.1, 0.15) is 41.4 Å². The quantitative estimate of drug-likeness (QED) is 0.546. The molecule has 148 valence electrons. The highest BCUT2D eigenvalue weighted by Crippen LogP contribution is 2.38. The van der Waals surface area contributed by atoms with Gasteiger partial charge in [-0.15, -0.1) is 0 Å². The van der Waals surface area contributed by atoms with Gasteiger partial charge in [-0.2, -0.15) is 26.3 Å². The van der Waals surface area contributed by atoms with Crippen molar-refractivity contribution in [2.75, 3.05) is 13.7 Å². The number of rotatable bonds is 6. The third kappa shape index (κ3) is 5.71. The van der Waals surface area contributed by atoms with Gasteiger partial charge in [0.2, 0.25) is 0 Å². The lowest BCUT2D eigenvalue weighted by atomic mass is 10.0. The van der Waals surface area contributed by atoms with Crippen LogP contribution in [-0.2, 0) is 21.8 Å². The SMILES string of the molecule is COC(COC(C)c1cc(C(F)(F)F)cc(C(F)(F)F)c1)c1ccccc1. The Balaban J connectivity index is 2.23. The second-order valence-corrected chi connectivity index (χ2v) is 5.95. The molecule has 0 fully saturated rings. The number of halogens is 6. The van der Waals surface area contributed by atoms with Crippen LogP contribution in [0, 0.1) is 0 Å². The zero-order valence-electron chi connectivity index (χ0n) is 14.6. The number of alkyl halides is 6. The van der Waals surface area contributed by atoms with Gasteiger partial charge in [0.05, 0.1) is 23.8 Å². The fraction of sp³-hybridized carbons (Fsp3) is 0.368. The summed E-state index contributed by atoms with van der Waals surface area (Å²) in [6, 6.07) is 10.4. The summed E-state index contributed by atoms with van der Waals surface area (Å²) < 4.78 is 88.6. The van der Waals surface area contributed by atoms with Crippen LogP contribution in [0.3, 0.4) is 0 Å². The third-order valence-electron chi connectivity index (χ3n) is 4.03. The molecular formula is C19H18F6O2. The molecule has 0 aliphatic rings. The van der Waals surface area contributed by atoms with Crippen LogP contribution in [0.4, 0.5) is 26.3 Å². The van der Waals surface area contributed by atoms with Crippen molar-refractivity contribution in [3.05, 3.63) is 70.8 Å². The summed E-state index contributed by atoms with van der Waals surface area (Å²) in [7, 11) is 1.44. The molecule has 2 aromatic carbocycles. The van der Waals surface area contributed by atoms with Crippen molar-refractivity contribution in [2.24, 2.45) is 0 Å². The van der Waals surface area contributed by atoms with Crippen LogP contribution in [0.25, 0.3) is 0 Å². The first-order valence-electron chi connectivity index (χ1n) is 8.01. The standard InChI is InChI=1S/C19H18F6O2/c1-12(27-11-17(26-2)13-6-4-3-5-7-13)14-8-15(18(20,21)22)10-16(9-14)19(23,24)25/h3-10,12,17H,11H2,1-2H3. The summed E-state index contributed by atoms with van der Waals surface area (Å²) in [5, 5.41) is 0. The lowest BCUT2D eigenvalue weighted by Crippen LogP contribution is -2.15. The maximum absolute atomic E-state index is 13.0. The van der Waals surface area contributed by atoms with Crippen molar-refractivity contribution in [2.45, 2.75) is 31.5 Å². The van der Waals surface area contributed by atoms with E-state index in [1.807, 2.05) is 0 Å². The van der Waals surface area contributed by atoms with E-state index in [2.05, 4.69) is 0 Å². The van der Waals surface area contributed by atoms with Gasteiger partial charge in [-0.3, -0.25) is 0 Å². The van der Waals surface area contributed by atoms with E-state index in [1.165, 1.54) is 14.0 Å². The third-order valence-corrected chi connectivity index (χ3v) is 4.03. The van der Waals surface area contributed by atoms with Crippen molar-refractivity contribution in [1.82, 2.24) is 0 Å². The van der Waals surface area contributed by atoms with Crippen LogP contribution in [0.2, 0.25) is 0 Å². The maximum atomic E-state index is 13.0. The first-order chi connectivity index (χ1) is 12.5. The molecular weight excluding hydrogens is 374 g/mol. The van der Waals surface area contributed by atoms with Crippen molar-refractivity contribution in [3.63, 3.8) is 0 Å². The Morgan fingerprint density at radius 3 is 1.78 bits per heavy atom. The summed E-state index contributed by atoms with van der Waals surface area (Å²) in [4.78, 5) is 0.